The molecule has 3 aromatic rings. The molecule has 0 saturated carbocycles. The van der Waals surface area contributed by atoms with E-state index in [0.29, 0.717) is 48.0 Å². The van der Waals surface area contributed by atoms with Gasteiger partial charge in [0.15, 0.2) is 5.13 Å². The van der Waals surface area contributed by atoms with Gasteiger partial charge in [-0.05, 0) is 36.8 Å². The summed E-state index contributed by atoms with van der Waals surface area (Å²) < 4.78 is 45.5. The number of halogens is 3. The minimum atomic E-state index is -4.61. The number of nitrogens with one attached hydrogen (secondary N) is 1. The van der Waals surface area contributed by atoms with Crippen molar-refractivity contribution in [1.82, 2.24) is 14.9 Å². The number of hydrogen-bond acceptors (Lipinski definition) is 6. The van der Waals surface area contributed by atoms with E-state index in [1.165, 1.54) is 6.92 Å². The summed E-state index contributed by atoms with van der Waals surface area (Å²) in [6.45, 7) is 3.95. The minimum Gasteiger partial charge on any atom is -0.380 e. The van der Waals surface area contributed by atoms with Gasteiger partial charge in [0.05, 0.1) is 40.8 Å². The van der Waals surface area contributed by atoms with Gasteiger partial charge in [-0.3, -0.25) is 5.32 Å². The van der Waals surface area contributed by atoms with E-state index in [-0.39, 0.29) is 27.8 Å². The molecule has 1 aromatic carbocycles. The number of amides is 2. The van der Waals surface area contributed by atoms with Gasteiger partial charge in [-0.25, -0.2) is 14.8 Å². The van der Waals surface area contributed by atoms with Crippen LogP contribution in [0.1, 0.15) is 17.0 Å². The highest BCUT2D eigenvalue weighted by atomic mass is 32.1. The van der Waals surface area contributed by atoms with Crippen LogP contribution >= 0.6 is 11.3 Å². The molecule has 34 heavy (non-hydrogen) atoms. The molecule has 0 bridgehead atoms. The number of carbonyl (C=O) groups excluding carboxylic acids is 1. The lowest BCUT2D eigenvalue weighted by molar-refractivity contribution is -0.174. The highest BCUT2D eigenvalue weighted by molar-refractivity contribution is 7.19. The van der Waals surface area contributed by atoms with Crippen molar-refractivity contribution in [2.24, 2.45) is 5.41 Å². The Bertz CT molecular complexity index is 1320. The van der Waals surface area contributed by atoms with E-state index in [2.05, 4.69) is 21.4 Å². The molecule has 0 radical (unpaired) electrons. The van der Waals surface area contributed by atoms with E-state index in [1.807, 2.05) is 0 Å². The van der Waals surface area contributed by atoms with Gasteiger partial charge >= 0.3 is 12.2 Å². The van der Waals surface area contributed by atoms with Crippen LogP contribution in [0.25, 0.3) is 21.7 Å². The van der Waals surface area contributed by atoms with Gasteiger partial charge in [-0.15, -0.1) is 0 Å². The van der Waals surface area contributed by atoms with Crippen LogP contribution in [-0.4, -0.2) is 47.2 Å². The normalized spacial score (nSPS) is 16.5. The second kappa shape index (κ2) is 8.07. The van der Waals surface area contributed by atoms with Crippen LogP contribution in [0.15, 0.2) is 36.4 Å². The molecule has 0 unspecified atom stereocenters. The molecule has 2 fully saturated rings. The fraction of sp³-hybridized carbons (Fsp3) is 0.304. The number of likely N-dealkylation sites (tertiary alicyclic amines) is 1. The van der Waals surface area contributed by atoms with Crippen LogP contribution < -0.4 is 5.32 Å². The molecule has 0 aliphatic carbocycles. The molecule has 2 amide bonds. The Morgan fingerprint density at radius 3 is 2.62 bits per heavy atom. The first-order valence-electron chi connectivity index (χ1n) is 10.4. The third-order valence-electron chi connectivity index (χ3n) is 5.77. The zero-order valence-corrected chi connectivity index (χ0v) is 18.8. The van der Waals surface area contributed by atoms with Crippen molar-refractivity contribution in [3.8, 4) is 27.8 Å². The molecular weight excluding hydrogens is 467 g/mol. The monoisotopic (exact) mass is 485 g/mol. The summed E-state index contributed by atoms with van der Waals surface area (Å²) in [6, 6.07) is 10.9. The van der Waals surface area contributed by atoms with Gasteiger partial charge in [0.25, 0.3) is 0 Å². The number of nitrogens with zero attached hydrogens (tertiary/aromatic N) is 4. The topological polar surface area (TPSA) is 91.1 Å². The Morgan fingerprint density at radius 1 is 1.21 bits per heavy atom. The van der Waals surface area contributed by atoms with E-state index >= 15 is 0 Å². The molecule has 11 heteroatoms. The number of aryl methyl sites for hydroxylation is 1. The molecule has 1 spiro atoms. The molecule has 2 aromatic heterocycles. The van der Waals surface area contributed by atoms with Gasteiger partial charge < -0.3 is 9.64 Å². The summed E-state index contributed by atoms with van der Waals surface area (Å²) in [5, 5.41) is 12.3. The first-order chi connectivity index (χ1) is 16.2. The molecule has 0 atom stereocenters. The number of anilines is 1. The Kier molecular flexibility index (Phi) is 5.30. The fourth-order valence-corrected chi connectivity index (χ4v) is 5.06. The molecule has 2 saturated heterocycles. The van der Waals surface area contributed by atoms with Crippen LogP contribution in [0, 0.1) is 23.7 Å². The van der Waals surface area contributed by atoms with Crippen LogP contribution in [0.3, 0.4) is 0 Å². The minimum absolute atomic E-state index is 0.0524. The molecule has 2 aliphatic rings. The third kappa shape index (κ3) is 4.10. The second-order valence-electron chi connectivity index (χ2n) is 8.55. The van der Waals surface area contributed by atoms with Crippen molar-refractivity contribution in [3.63, 3.8) is 0 Å². The zero-order valence-electron chi connectivity index (χ0n) is 17.9. The van der Waals surface area contributed by atoms with E-state index in [4.69, 9.17) is 4.74 Å². The highest BCUT2D eigenvalue weighted by Crippen LogP contribution is 2.42. The summed E-state index contributed by atoms with van der Waals surface area (Å²) in [7, 11) is 0. The van der Waals surface area contributed by atoms with Crippen molar-refractivity contribution < 1.29 is 22.7 Å². The summed E-state index contributed by atoms with van der Waals surface area (Å²) >= 11 is 1.08. The predicted octanol–water partition coefficient (Wildman–Crippen LogP) is 4.94. The Balaban J connectivity index is 1.52. The molecular formula is C23H18F3N5O2S. The molecule has 4 heterocycles. The number of pyridine rings is 1. The third-order valence-corrected chi connectivity index (χ3v) is 6.79. The first kappa shape index (κ1) is 22.3. The summed E-state index contributed by atoms with van der Waals surface area (Å²) in [6.07, 6.45) is -4.61. The van der Waals surface area contributed by atoms with Gasteiger partial charge in [0.1, 0.15) is 5.69 Å². The standard InChI is InChI=1S/C23H18F3N5O2S/c1-13-5-16(7-17(28-13)23(24,25)26)19-18(15-4-2-3-14(6-15)8-27)29-20(34-19)30-21(32)31-9-22(10-31)11-33-12-22/h2-7H,9-12H2,1H3,(H,29,30,32). The number of aromatic nitrogens is 2. The molecule has 1 N–H and O–H groups in total. The van der Waals surface area contributed by atoms with E-state index in [1.54, 1.807) is 35.2 Å². The average molecular weight is 485 g/mol. The number of carbonyl (C=O) groups is 1. The average Bonchev–Trinajstić information content (AvgIpc) is 3.14. The predicted molar refractivity (Wildman–Crippen MR) is 119 cm³/mol. The molecule has 7 nitrogen and oxygen atoms in total. The highest BCUT2D eigenvalue weighted by Gasteiger charge is 2.50. The van der Waals surface area contributed by atoms with Gasteiger partial charge in [0, 0.05) is 24.3 Å². The second-order valence-corrected chi connectivity index (χ2v) is 9.55. The molecule has 5 rings (SSSR count). The summed E-state index contributed by atoms with van der Waals surface area (Å²) in [4.78, 5) is 22.9. The SMILES string of the molecule is Cc1cc(-c2sc(NC(=O)N3CC4(COC4)C3)nc2-c2cccc(C#N)c2)cc(C(F)(F)F)n1. The largest absolute Gasteiger partial charge is 0.433 e. The van der Waals surface area contributed by atoms with Crippen LogP contribution in [-0.2, 0) is 10.9 Å². The Hall–Kier alpha value is -3.49. The Morgan fingerprint density at radius 2 is 1.97 bits per heavy atom. The van der Waals surface area contributed by atoms with Crippen molar-refractivity contribution in [1.29, 1.82) is 5.26 Å². The van der Waals surface area contributed by atoms with E-state index < -0.39 is 11.9 Å². The maximum absolute atomic E-state index is 13.4. The van der Waals surface area contributed by atoms with E-state index in [0.717, 1.165) is 17.4 Å². The number of alkyl halides is 3. The van der Waals surface area contributed by atoms with Gasteiger partial charge in [0.2, 0.25) is 0 Å². The molecule has 2 aliphatic heterocycles. The first-order valence-corrected chi connectivity index (χ1v) is 11.2. The fourth-order valence-electron chi connectivity index (χ4n) is 4.10. The van der Waals surface area contributed by atoms with Crippen molar-refractivity contribution >= 4 is 22.5 Å². The summed E-state index contributed by atoms with van der Waals surface area (Å²) in [5.41, 5.74) is 0.853. The zero-order chi connectivity index (χ0) is 24.1. The van der Waals surface area contributed by atoms with Crippen LogP contribution in [0.4, 0.5) is 23.1 Å². The number of rotatable bonds is 3. The number of ether oxygens (including phenoxy) is 1. The van der Waals surface area contributed by atoms with Crippen molar-refractivity contribution in [2.75, 3.05) is 31.6 Å². The molecule has 174 valence electrons. The van der Waals surface area contributed by atoms with Gasteiger partial charge in [-0.2, -0.15) is 18.4 Å². The maximum atomic E-state index is 13.4. The van der Waals surface area contributed by atoms with E-state index in [9.17, 15) is 23.2 Å². The number of hydrogen-bond donors (Lipinski definition) is 1. The number of benzene rings is 1. The van der Waals surface area contributed by atoms with Crippen molar-refractivity contribution in [2.45, 2.75) is 13.1 Å². The lowest BCUT2D eigenvalue weighted by Crippen LogP contribution is -2.67. The lowest BCUT2D eigenvalue weighted by Gasteiger charge is -2.54. The Labute approximate surface area is 196 Å². The number of nitriles is 1. The van der Waals surface area contributed by atoms with Gasteiger partial charge in [-0.1, -0.05) is 23.5 Å². The van der Waals surface area contributed by atoms with Crippen molar-refractivity contribution in [3.05, 3.63) is 53.3 Å². The smallest absolute Gasteiger partial charge is 0.380 e. The lowest BCUT2D eigenvalue weighted by atomic mass is 9.78. The quantitative estimate of drug-likeness (QED) is 0.568. The number of thiazole rings is 1. The maximum Gasteiger partial charge on any atom is 0.433 e. The summed E-state index contributed by atoms with van der Waals surface area (Å²) in [5.74, 6) is 0. The van der Waals surface area contributed by atoms with Crippen LogP contribution in [0.2, 0.25) is 0 Å². The van der Waals surface area contributed by atoms with Crippen LogP contribution in [0.5, 0.6) is 0 Å². The number of urea groups is 1.